The summed E-state index contributed by atoms with van der Waals surface area (Å²) in [5.74, 6) is 1.17. The molecule has 0 fully saturated rings. The summed E-state index contributed by atoms with van der Waals surface area (Å²) in [6, 6.07) is 4.01. The molecule has 0 saturated carbocycles. The molecule has 0 aliphatic rings. The fourth-order valence-corrected chi connectivity index (χ4v) is 1.54. The molecule has 5 nitrogen and oxygen atoms in total. The van der Waals surface area contributed by atoms with Crippen molar-refractivity contribution >= 4 is 17.4 Å². The molecule has 0 spiro atoms. The van der Waals surface area contributed by atoms with Gasteiger partial charge in [0.1, 0.15) is 29.9 Å². The van der Waals surface area contributed by atoms with E-state index in [1.807, 2.05) is 19.1 Å². The van der Waals surface area contributed by atoms with Crippen LogP contribution in [0.4, 0.5) is 5.82 Å². The van der Waals surface area contributed by atoms with Gasteiger partial charge in [-0.25, -0.2) is 9.97 Å². The minimum atomic E-state index is 0.102. The molecule has 0 unspecified atom stereocenters. The van der Waals surface area contributed by atoms with Gasteiger partial charge in [0.05, 0.1) is 12.1 Å². The maximum atomic E-state index is 8.73. The summed E-state index contributed by atoms with van der Waals surface area (Å²) in [5, 5.41) is 17.8. The van der Waals surface area contributed by atoms with E-state index in [2.05, 4.69) is 9.97 Å². The molecule has 1 heterocycles. The van der Waals surface area contributed by atoms with Crippen LogP contribution in [-0.2, 0) is 6.42 Å². The van der Waals surface area contributed by atoms with Crippen LogP contribution in [0.1, 0.15) is 18.3 Å². The third-order valence-corrected chi connectivity index (χ3v) is 2.61. The van der Waals surface area contributed by atoms with Crippen LogP contribution in [0.15, 0.2) is 0 Å². The van der Waals surface area contributed by atoms with E-state index in [9.17, 15) is 0 Å². The van der Waals surface area contributed by atoms with Gasteiger partial charge in [-0.05, 0) is 6.92 Å². The first-order valence-electron chi connectivity index (χ1n) is 5.15. The number of hydrogen-bond donors (Lipinski definition) is 0. The monoisotopic (exact) mass is 249 g/mol. The first-order chi connectivity index (χ1) is 8.13. The van der Waals surface area contributed by atoms with Crippen LogP contribution >= 0.6 is 11.6 Å². The average Bonchev–Trinajstić information content (AvgIpc) is 2.32. The lowest BCUT2D eigenvalue weighted by atomic mass is 10.3. The molecule has 0 bridgehead atoms. The third kappa shape index (κ3) is 3.05. The number of nitriles is 2. The van der Waals surface area contributed by atoms with E-state index in [1.165, 1.54) is 0 Å². The van der Waals surface area contributed by atoms with Crippen LogP contribution in [0.2, 0.25) is 5.15 Å². The molecule has 0 aliphatic carbocycles. The first-order valence-corrected chi connectivity index (χ1v) is 5.53. The van der Waals surface area contributed by atoms with Gasteiger partial charge in [0.25, 0.3) is 0 Å². The Morgan fingerprint density at radius 2 is 1.82 bits per heavy atom. The topological polar surface area (TPSA) is 76.6 Å². The number of anilines is 1. The summed E-state index contributed by atoms with van der Waals surface area (Å²) in [5.41, 5.74) is 0.689. The van der Waals surface area contributed by atoms with Crippen LogP contribution in [0.25, 0.3) is 0 Å². The Labute approximate surface area is 105 Å². The van der Waals surface area contributed by atoms with Crippen molar-refractivity contribution < 1.29 is 0 Å². The summed E-state index contributed by atoms with van der Waals surface area (Å²) in [6.45, 7) is 3.90. The van der Waals surface area contributed by atoms with Gasteiger partial charge in [0, 0.05) is 12.0 Å². The predicted molar refractivity (Wildman–Crippen MR) is 64.6 cm³/mol. The summed E-state index contributed by atoms with van der Waals surface area (Å²) in [4.78, 5) is 10.0. The minimum Gasteiger partial charge on any atom is -0.330 e. The van der Waals surface area contributed by atoms with Crippen LogP contribution < -0.4 is 4.90 Å². The van der Waals surface area contributed by atoms with Gasteiger partial charge in [-0.15, -0.1) is 0 Å². The van der Waals surface area contributed by atoms with Gasteiger partial charge < -0.3 is 4.90 Å². The van der Waals surface area contributed by atoms with Crippen molar-refractivity contribution in [3.8, 4) is 12.1 Å². The van der Waals surface area contributed by atoms with Crippen molar-refractivity contribution in [1.29, 1.82) is 10.5 Å². The molecule has 1 aromatic rings. The Balaban J connectivity index is 3.22. The molecule has 0 amide bonds. The van der Waals surface area contributed by atoms with E-state index in [1.54, 1.807) is 11.8 Å². The maximum absolute atomic E-state index is 8.73. The highest BCUT2D eigenvalue weighted by molar-refractivity contribution is 6.30. The fourth-order valence-electron chi connectivity index (χ4n) is 1.36. The number of hydrogen-bond acceptors (Lipinski definition) is 5. The number of halogens is 1. The molecule has 1 aromatic heterocycles. The van der Waals surface area contributed by atoms with Crippen molar-refractivity contribution in [2.24, 2.45) is 0 Å². The number of aryl methyl sites for hydroxylation is 1. The molecule has 0 atom stereocenters. The average molecular weight is 250 g/mol. The van der Waals surface area contributed by atoms with E-state index in [4.69, 9.17) is 22.1 Å². The molecule has 88 valence electrons. The zero-order valence-electron chi connectivity index (χ0n) is 9.74. The lowest BCUT2D eigenvalue weighted by molar-refractivity contribution is 0.867. The molecule has 1 rings (SSSR count). The van der Waals surface area contributed by atoms with E-state index in [-0.39, 0.29) is 13.1 Å². The smallest absolute Gasteiger partial charge is 0.138 e. The fraction of sp³-hybridized carbons (Fsp3) is 0.455. The highest BCUT2D eigenvalue weighted by atomic mass is 35.5. The Kier molecular flexibility index (Phi) is 4.68. The van der Waals surface area contributed by atoms with Crippen molar-refractivity contribution in [3.63, 3.8) is 0 Å². The van der Waals surface area contributed by atoms with E-state index < -0.39 is 0 Å². The zero-order valence-corrected chi connectivity index (χ0v) is 10.5. The Morgan fingerprint density at radius 3 is 2.29 bits per heavy atom. The highest BCUT2D eigenvalue weighted by Crippen LogP contribution is 2.23. The maximum Gasteiger partial charge on any atom is 0.138 e. The number of rotatable bonds is 4. The van der Waals surface area contributed by atoms with Gasteiger partial charge >= 0.3 is 0 Å². The van der Waals surface area contributed by atoms with Crippen LogP contribution in [0.5, 0.6) is 0 Å². The van der Waals surface area contributed by atoms with Crippen molar-refractivity contribution in [2.75, 3.05) is 18.0 Å². The molecular weight excluding hydrogens is 238 g/mol. The normalized spacial score (nSPS) is 9.47. The second kappa shape index (κ2) is 6.03. The highest BCUT2D eigenvalue weighted by Gasteiger charge is 2.14. The quantitative estimate of drug-likeness (QED) is 0.601. The summed E-state index contributed by atoms with van der Waals surface area (Å²) < 4.78 is 0. The second-order valence-corrected chi connectivity index (χ2v) is 3.76. The molecule has 6 heteroatoms. The van der Waals surface area contributed by atoms with Crippen LogP contribution in [-0.4, -0.2) is 23.1 Å². The number of nitrogens with zero attached hydrogens (tertiary/aromatic N) is 5. The van der Waals surface area contributed by atoms with E-state index >= 15 is 0 Å². The largest absolute Gasteiger partial charge is 0.330 e. The third-order valence-electron chi connectivity index (χ3n) is 2.25. The number of aromatic nitrogens is 2. The molecule has 0 N–H and O–H groups in total. The first kappa shape index (κ1) is 13.2. The SMILES string of the molecule is CCc1nc(Cl)c(C)c(N(CC#N)CC#N)n1. The lowest BCUT2D eigenvalue weighted by Gasteiger charge is -2.20. The molecule has 0 aromatic carbocycles. The van der Waals surface area contributed by atoms with Gasteiger partial charge in [0.15, 0.2) is 0 Å². The predicted octanol–water partition coefficient (Wildman–Crippen LogP) is 1.85. The molecule has 0 aliphatic heterocycles. The van der Waals surface area contributed by atoms with E-state index in [0.29, 0.717) is 28.8 Å². The molecule has 17 heavy (non-hydrogen) atoms. The molecule has 0 saturated heterocycles. The second-order valence-electron chi connectivity index (χ2n) is 3.41. The van der Waals surface area contributed by atoms with Crippen LogP contribution in [0, 0.1) is 29.6 Å². The standard InChI is InChI=1S/C11H12ClN5/c1-3-9-15-10(12)8(2)11(16-9)17(6-4-13)7-5-14/h3,6-7H2,1-2H3. The Morgan fingerprint density at radius 1 is 1.24 bits per heavy atom. The summed E-state index contributed by atoms with van der Waals surface area (Å²) in [7, 11) is 0. The van der Waals surface area contributed by atoms with Crippen molar-refractivity contribution in [2.45, 2.75) is 20.3 Å². The van der Waals surface area contributed by atoms with Crippen LogP contribution in [0.3, 0.4) is 0 Å². The Hall–Kier alpha value is -1.85. The van der Waals surface area contributed by atoms with Gasteiger partial charge in [-0.2, -0.15) is 10.5 Å². The Bertz CT molecular complexity index is 470. The van der Waals surface area contributed by atoms with Crippen molar-refractivity contribution in [1.82, 2.24) is 9.97 Å². The van der Waals surface area contributed by atoms with Gasteiger partial charge in [-0.3, -0.25) is 0 Å². The minimum absolute atomic E-state index is 0.102. The summed E-state index contributed by atoms with van der Waals surface area (Å²) >= 11 is 6.00. The zero-order chi connectivity index (χ0) is 12.8. The van der Waals surface area contributed by atoms with Gasteiger partial charge in [-0.1, -0.05) is 18.5 Å². The van der Waals surface area contributed by atoms with E-state index in [0.717, 1.165) is 0 Å². The van der Waals surface area contributed by atoms with Crippen molar-refractivity contribution in [3.05, 3.63) is 16.5 Å². The lowest BCUT2D eigenvalue weighted by Crippen LogP contribution is -2.26. The molecule has 0 radical (unpaired) electrons. The van der Waals surface area contributed by atoms with Gasteiger partial charge in [0.2, 0.25) is 0 Å². The molecular formula is C11H12ClN5. The summed E-state index contributed by atoms with van der Waals surface area (Å²) in [6.07, 6.45) is 0.653.